The van der Waals surface area contributed by atoms with Crippen LogP contribution in [0.1, 0.15) is 55.5 Å². The molecule has 1 fully saturated rings. The molecule has 0 spiro atoms. The second kappa shape index (κ2) is 9.65. The van der Waals surface area contributed by atoms with Crippen LogP contribution in [0.5, 0.6) is 11.5 Å². The predicted octanol–water partition coefficient (Wildman–Crippen LogP) is 3.70. The van der Waals surface area contributed by atoms with Crippen LogP contribution in [0.4, 0.5) is 0 Å². The zero-order valence-electron chi connectivity index (χ0n) is 17.8. The molecule has 2 aromatic rings. The van der Waals surface area contributed by atoms with Crippen molar-refractivity contribution in [2.24, 2.45) is 0 Å². The van der Waals surface area contributed by atoms with Crippen LogP contribution >= 0.6 is 0 Å². The molecule has 3 rings (SSSR count). The molecule has 0 radical (unpaired) electrons. The van der Waals surface area contributed by atoms with Crippen LogP contribution in [0.2, 0.25) is 0 Å². The second-order valence-corrected chi connectivity index (χ2v) is 8.10. The fourth-order valence-electron chi connectivity index (χ4n) is 3.57. The topological polar surface area (TPSA) is 78.9 Å². The van der Waals surface area contributed by atoms with Crippen LogP contribution in [0.25, 0.3) is 0 Å². The van der Waals surface area contributed by atoms with Crippen molar-refractivity contribution in [3.63, 3.8) is 0 Å². The minimum absolute atomic E-state index is 0.0552. The van der Waals surface area contributed by atoms with Gasteiger partial charge in [-0.3, -0.25) is 9.59 Å². The second-order valence-electron chi connectivity index (χ2n) is 8.10. The maximum atomic E-state index is 12.7. The normalized spacial score (nSPS) is 15.7. The summed E-state index contributed by atoms with van der Waals surface area (Å²) < 4.78 is 5.69. The summed E-state index contributed by atoms with van der Waals surface area (Å²) >= 11 is 0. The van der Waals surface area contributed by atoms with Crippen molar-refractivity contribution >= 4 is 11.8 Å². The number of nitrogens with one attached hydrogen (secondary N) is 1. The number of amides is 2. The molecule has 1 saturated heterocycles. The number of phenols is 1. The monoisotopic (exact) mass is 410 g/mol. The van der Waals surface area contributed by atoms with Crippen LogP contribution in [-0.4, -0.2) is 47.1 Å². The number of aromatic hydroxyl groups is 1. The predicted molar refractivity (Wildman–Crippen MR) is 116 cm³/mol. The van der Waals surface area contributed by atoms with Gasteiger partial charge < -0.3 is 20.1 Å². The van der Waals surface area contributed by atoms with Crippen molar-refractivity contribution in [3.8, 4) is 11.5 Å². The number of carbonyl (C=O) groups excluding carboxylic acids is 2. The smallest absolute Gasteiger partial charge is 0.263 e. The van der Waals surface area contributed by atoms with Crippen LogP contribution in [-0.2, 0) is 4.79 Å². The first-order valence-electron chi connectivity index (χ1n) is 10.5. The van der Waals surface area contributed by atoms with E-state index in [0.717, 1.165) is 0 Å². The Morgan fingerprint density at radius 3 is 2.17 bits per heavy atom. The summed E-state index contributed by atoms with van der Waals surface area (Å²) in [4.78, 5) is 27.0. The van der Waals surface area contributed by atoms with E-state index >= 15 is 0 Å². The number of phenolic OH excluding ortho intramolecular Hbond substituents is 1. The lowest BCUT2D eigenvalue weighted by molar-refractivity contribution is -0.139. The van der Waals surface area contributed by atoms with Gasteiger partial charge in [0.2, 0.25) is 0 Å². The van der Waals surface area contributed by atoms with Gasteiger partial charge in [0.1, 0.15) is 11.5 Å². The molecule has 30 heavy (non-hydrogen) atoms. The molecule has 2 amide bonds. The van der Waals surface area contributed by atoms with Gasteiger partial charge in [-0.25, -0.2) is 0 Å². The van der Waals surface area contributed by atoms with E-state index in [2.05, 4.69) is 19.2 Å². The molecule has 0 bridgehead atoms. The summed E-state index contributed by atoms with van der Waals surface area (Å²) in [7, 11) is 0. The number of nitrogens with zero attached hydrogens (tertiary/aromatic N) is 1. The number of hydrogen-bond donors (Lipinski definition) is 2. The first kappa shape index (κ1) is 21.7. The Morgan fingerprint density at radius 1 is 1.00 bits per heavy atom. The highest BCUT2D eigenvalue weighted by molar-refractivity contribution is 5.94. The van der Waals surface area contributed by atoms with Crippen molar-refractivity contribution < 1.29 is 19.4 Å². The highest BCUT2D eigenvalue weighted by Crippen LogP contribution is 2.19. The van der Waals surface area contributed by atoms with Crippen molar-refractivity contribution in [2.75, 3.05) is 13.1 Å². The highest BCUT2D eigenvalue weighted by atomic mass is 16.5. The van der Waals surface area contributed by atoms with Gasteiger partial charge >= 0.3 is 0 Å². The standard InChI is InChI=1S/C24H30N2O4/c1-16(2)18-4-6-19(7-5-18)23(28)25-20-12-14-26(15-13-20)24(29)17(3)30-22-10-8-21(27)9-11-22/h4-11,16-17,20,27H,12-15H2,1-3H3,(H,25,28). The zero-order chi connectivity index (χ0) is 21.7. The molecule has 0 saturated carbocycles. The van der Waals surface area contributed by atoms with E-state index in [4.69, 9.17) is 4.74 Å². The number of hydrogen-bond acceptors (Lipinski definition) is 4. The van der Waals surface area contributed by atoms with E-state index in [0.29, 0.717) is 43.2 Å². The third-order valence-corrected chi connectivity index (χ3v) is 5.48. The maximum absolute atomic E-state index is 12.7. The summed E-state index contributed by atoms with van der Waals surface area (Å²) in [5, 5.41) is 12.4. The van der Waals surface area contributed by atoms with Crippen molar-refractivity contribution in [1.82, 2.24) is 10.2 Å². The van der Waals surface area contributed by atoms with Gasteiger partial charge in [0.15, 0.2) is 6.10 Å². The Balaban J connectivity index is 1.47. The van der Waals surface area contributed by atoms with Gasteiger partial charge in [0.25, 0.3) is 11.8 Å². The van der Waals surface area contributed by atoms with Crippen LogP contribution in [0.3, 0.4) is 0 Å². The number of benzene rings is 2. The molecule has 160 valence electrons. The number of piperidine rings is 1. The number of rotatable bonds is 6. The van der Waals surface area contributed by atoms with Crippen molar-refractivity contribution in [1.29, 1.82) is 0 Å². The van der Waals surface area contributed by atoms with Gasteiger partial charge in [0, 0.05) is 24.7 Å². The fourth-order valence-corrected chi connectivity index (χ4v) is 3.57. The molecule has 1 heterocycles. The zero-order valence-corrected chi connectivity index (χ0v) is 17.8. The first-order chi connectivity index (χ1) is 14.3. The van der Waals surface area contributed by atoms with E-state index in [1.165, 1.54) is 17.7 Å². The van der Waals surface area contributed by atoms with Gasteiger partial charge in [-0.2, -0.15) is 0 Å². The molecule has 1 atom stereocenters. The van der Waals surface area contributed by atoms with Crippen LogP contribution in [0, 0.1) is 0 Å². The molecule has 1 unspecified atom stereocenters. The Hall–Kier alpha value is -3.02. The Labute approximate surface area is 177 Å². The Kier molecular flexibility index (Phi) is 6.98. The first-order valence-corrected chi connectivity index (χ1v) is 10.5. The lowest BCUT2D eigenvalue weighted by Gasteiger charge is -2.33. The van der Waals surface area contributed by atoms with Gasteiger partial charge in [-0.1, -0.05) is 26.0 Å². The maximum Gasteiger partial charge on any atom is 0.263 e. The average Bonchev–Trinajstić information content (AvgIpc) is 2.75. The molecule has 6 heteroatoms. The SMILES string of the molecule is CC(Oc1ccc(O)cc1)C(=O)N1CCC(NC(=O)c2ccc(C(C)C)cc2)CC1. The number of ether oxygens (including phenoxy) is 1. The molecular formula is C24H30N2O4. The van der Waals surface area contributed by atoms with Crippen molar-refractivity contribution in [3.05, 3.63) is 59.7 Å². The largest absolute Gasteiger partial charge is 0.508 e. The molecule has 1 aliphatic heterocycles. The highest BCUT2D eigenvalue weighted by Gasteiger charge is 2.28. The van der Waals surface area contributed by atoms with Crippen molar-refractivity contribution in [2.45, 2.75) is 51.7 Å². The molecule has 2 N–H and O–H groups in total. The number of carbonyl (C=O) groups is 2. The van der Waals surface area contributed by atoms with E-state index in [-0.39, 0.29) is 23.6 Å². The van der Waals surface area contributed by atoms with E-state index in [9.17, 15) is 14.7 Å². The summed E-state index contributed by atoms with van der Waals surface area (Å²) in [6.45, 7) is 7.14. The van der Waals surface area contributed by atoms with E-state index in [1.54, 1.807) is 24.0 Å². The summed E-state index contributed by atoms with van der Waals surface area (Å²) in [5.74, 6) is 0.987. The minimum Gasteiger partial charge on any atom is -0.508 e. The lowest BCUT2D eigenvalue weighted by Crippen LogP contribution is -2.49. The van der Waals surface area contributed by atoms with Gasteiger partial charge in [-0.05, 0) is 67.6 Å². The quantitative estimate of drug-likeness (QED) is 0.761. The molecule has 0 aliphatic carbocycles. The average molecular weight is 411 g/mol. The summed E-state index contributed by atoms with van der Waals surface area (Å²) in [5.41, 5.74) is 1.87. The molecule has 0 aromatic heterocycles. The fraction of sp³-hybridized carbons (Fsp3) is 0.417. The Bertz CT molecular complexity index is 854. The molecule has 6 nitrogen and oxygen atoms in total. The molecular weight excluding hydrogens is 380 g/mol. The lowest BCUT2D eigenvalue weighted by atomic mass is 10.0. The summed E-state index contributed by atoms with van der Waals surface area (Å²) in [6.07, 6.45) is 0.821. The van der Waals surface area contributed by atoms with Crippen LogP contribution in [0.15, 0.2) is 48.5 Å². The third-order valence-electron chi connectivity index (χ3n) is 5.48. The van der Waals surface area contributed by atoms with Gasteiger partial charge in [0.05, 0.1) is 0 Å². The third kappa shape index (κ3) is 5.53. The summed E-state index contributed by atoms with van der Waals surface area (Å²) in [6, 6.07) is 14.1. The molecule has 1 aliphatic rings. The van der Waals surface area contributed by atoms with Crippen LogP contribution < -0.4 is 10.1 Å². The molecule has 2 aromatic carbocycles. The minimum atomic E-state index is -0.611. The van der Waals surface area contributed by atoms with E-state index < -0.39 is 6.10 Å². The van der Waals surface area contributed by atoms with E-state index in [1.807, 2.05) is 24.3 Å². The van der Waals surface area contributed by atoms with Gasteiger partial charge in [-0.15, -0.1) is 0 Å². The number of likely N-dealkylation sites (tertiary alicyclic amines) is 1. The Morgan fingerprint density at radius 2 is 1.60 bits per heavy atom.